The van der Waals surface area contributed by atoms with Crippen molar-refractivity contribution in [3.8, 4) is 0 Å². The first kappa shape index (κ1) is 12.4. The molecule has 98 valence electrons. The summed E-state index contributed by atoms with van der Waals surface area (Å²) in [5.41, 5.74) is 3.05. The van der Waals surface area contributed by atoms with Gasteiger partial charge in [0.25, 0.3) is 0 Å². The molecule has 0 atom stereocenters. The maximum Gasteiger partial charge on any atom is 0.0173 e. The minimum Gasteiger partial charge on any atom is -0.310 e. The Balaban J connectivity index is 1.68. The molecule has 3 rings (SSSR count). The van der Waals surface area contributed by atoms with Gasteiger partial charge in [0.05, 0.1) is 0 Å². The molecule has 0 unspecified atom stereocenters. The van der Waals surface area contributed by atoms with E-state index < -0.39 is 0 Å². The van der Waals surface area contributed by atoms with Crippen LogP contribution in [-0.2, 0) is 0 Å². The predicted octanol–water partition coefficient (Wildman–Crippen LogP) is 4.46. The number of nitrogens with one attached hydrogen (secondary N) is 1. The summed E-state index contributed by atoms with van der Waals surface area (Å²) in [4.78, 5) is 0. The summed E-state index contributed by atoms with van der Waals surface area (Å²) in [6, 6.07) is 3.06. The second-order valence-corrected chi connectivity index (χ2v) is 6.55. The maximum absolute atomic E-state index is 3.70. The van der Waals surface area contributed by atoms with Crippen LogP contribution in [0.15, 0.2) is 22.4 Å². The molecule has 1 aromatic heterocycles. The highest BCUT2D eigenvalue weighted by atomic mass is 32.1. The lowest BCUT2D eigenvalue weighted by Crippen LogP contribution is -2.23. The van der Waals surface area contributed by atoms with Crippen LogP contribution < -0.4 is 5.32 Å². The van der Waals surface area contributed by atoms with Crippen LogP contribution in [0.3, 0.4) is 0 Å². The molecule has 2 saturated carbocycles. The summed E-state index contributed by atoms with van der Waals surface area (Å²) in [7, 11) is 0. The zero-order chi connectivity index (χ0) is 12.2. The highest BCUT2D eigenvalue weighted by Crippen LogP contribution is 2.31. The van der Waals surface area contributed by atoms with Crippen molar-refractivity contribution in [1.29, 1.82) is 0 Å². The van der Waals surface area contributed by atoms with Crippen LogP contribution in [0.2, 0.25) is 0 Å². The Bertz CT molecular complexity index is 383. The molecule has 2 fully saturated rings. The third-order valence-electron chi connectivity index (χ3n) is 4.20. The van der Waals surface area contributed by atoms with Crippen molar-refractivity contribution in [3.63, 3.8) is 0 Å². The number of hydrogen-bond donors (Lipinski definition) is 1. The van der Waals surface area contributed by atoms with Crippen LogP contribution in [0, 0.1) is 5.92 Å². The molecule has 1 aromatic rings. The topological polar surface area (TPSA) is 12.0 Å². The SMILES string of the molecule is C(=C(CNC1CC1)C1CCCCC1)c1ccsc1. The van der Waals surface area contributed by atoms with E-state index in [1.807, 2.05) is 0 Å². The zero-order valence-corrected chi connectivity index (χ0v) is 11.8. The highest BCUT2D eigenvalue weighted by molar-refractivity contribution is 7.08. The van der Waals surface area contributed by atoms with E-state index in [1.165, 1.54) is 50.5 Å². The van der Waals surface area contributed by atoms with Gasteiger partial charge in [0, 0.05) is 12.6 Å². The van der Waals surface area contributed by atoms with E-state index in [0.29, 0.717) is 0 Å². The van der Waals surface area contributed by atoms with Gasteiger partial charge in [-0.15, -0.1) is 0 Å². The second-order valence-electron chi connectivity index (χ2n) is 5.77. The molecule has 0 bridgehead atoms. The van der Waals surface area contributed by atoms with Crippen LogP contribution in [-0.4, -0.2) is 12.6 Å². The first-order chi connectivity index (χ1) is 8.92. The number of hydrogen-bond acceptors (Lipinski definition) is 2. The van der Waals surface area contributed by atoms with Gasteiger partial charge in [0.2, 0.25) is 0 Å². The third-order valence-corrected chi connectivity index (χ3v) is 4.90. The lowest BCUT2D eigenvalue weighted by Gasteiger charge is -2.25. The van der Waals surface area contributed by atoms with Crippen molar-refractivity contribution in [2.45, 2.75) is 51.0 Å². The van der Waals surface area contributed by atoms with Crippen molar-refractivity contribution in [3.05, 3.63) is 28.0 Å². The summed E-state index contributed by atoms with van der Waals surface area (Å²) in [6.45, 7) is 1.12. The van der Waals surface area contributed by atoms with E-state index in [4.69, 9.17) is 0 Å². The molecule has 0 aliphatic heterocycles. The molecule has 18 heavy (non-hydrogen) atoms. The molecule has 0 radical (unpaired) electrons. The van der Waals surface area contributed by atoms with Crippen LogP contribution in [0.1, 0.15) is 50.5 Å². The fourth-order valence-electron chi connectivity index (χ4n) is 2.91. The van der Waals surface area contributed by atoms with E-state index in [-0.39, 0.29) is 0 Å². The van der Waals surface area contributed by atoms with Crippen molar-refractivity contribution >= 4 is 17.4 Å². The fourth-order valence-corrected chi connectivity index (χ4v) is 3.53. The van der Waals surface area contributed by atoms with E-state index in [2.05, 4.69) is 28.2 Å². The Morgan fingerprint density at radius 3 is 2.72 bits per heavy atom. The lowest BCUT2D eigenvalue weighted by molar-refractivity contribution is 0.396. The summed E-state index contributed by atoms with van der Waals surface area (Å²) < 4.78 is 0. The average molecular weight is 261 g/mol. The first-order valence-corrected chi connectivity index (χ1v) is 8.32. The van der Waals surface area contributed by atoms with Crippen LogP contribution in [0.4, 0.5) is 0 Å². The van der Waals surface area contributed by atoms with Crippen molar-refractivity contribution in [1.82, 2.24) is 5.32 Å². The van der Waals surface area contributed by atoms with Gasteiger partial charge < -0.3 is 5.32 Å². The van der Waals surface area contributed by atoms with Gasteiger partial charge >= 0.3 is 0 Å². The van der Waals surface area contributed by atoms with Gasteiger partial charge in [-0.1, -0.05) is 30.9 Å². The van der Waals surface area contributed by atoms with Crippen molar-refractivity contribution in [2.24, 2.45) is 5.92 Å². The molecular formula is C16H23NS. The molecule has 1 nitrogen and oxygen atoms in total. The molecule has 0 amide bonds. The summed E-state index contributed by atoms with van der Waals surface area (Å²) in [6.07, 6.45) is 12.3. The Morgan fingerprint density at radius 2 is 2.06 bits per heavy atom. The molecular weight excluding hydrogens is 238 g/mol. The van der Waals surface area contributed by atoms with Crippen LogP contribution in [0.5, 0.6) is 0 Å². The van der Waals surface area contributed by atoms with Gasteiger partial charge in [0.15, 0.2) is 0 Å². The maximum atomic E-state index is 3.70. The zero-order valence-electron chi connectivity index (χ0n) is 11.0. The molecule has 0 saturated heterocycles. The highest BCUT2D eigenvalue weighted by Gasteiger charge is 2.23. The minimum absolute atomic E-state index is 0.819. The monoisotopic (exact) mass is 261 g/mol. The van der Waals surface area contributed by atoms with Crippen LogP contribution >= 0.6 is 11.3 Å². The molecule has 2 aliphatic carbocycles. The van der Waals surface area contributed by atoms with Gasteiger partial charge in [-0.3, -0.25) is 0 Å². The first-order valence-electron chi connectivity index (χ1n) is 7.38. The van der Waals surface area contributed by atoms with Gasteiger partial charge in [-0.25, -0.2) is 0 Å². The van der Waals surface area contributed by atoms with E-state index in [9.17, 15) is 0 Å². The molecule has 2 aliphatic rings. The van der Waals surface area contributed by atoms with Crippen molar-refractivity contribution < 1.29 is 0 Å². The molecule has 0 spiro atoms. The standard InChI is InChI=1S/C16H23NS/c1-2-4-14(5-3-1)15(11-17-16-6-7-16)10-13-8-9-18-12-13/h8-10,12,14,16-17H,1-7,11H2. The fraction of sp³-hybridized carbons (Fsp3) is 0.625. The molecule has 0 aromatic carbocycles. The van der Waals surface area contributed by atoms with Gasteiger partial charge in [0.1, 0.15) is 0 Å². The van der Waals surface area contributed by atoms with Crippen molar-refractivity contribution in [2.75, 3.05) is 6.54 Å². The molecule has 1 N–H and O–H groups in total. The molecule has 2 heteroatoms. The molecule has 1 heterocycles. The largest absolute Gasteiger partial charge is 0.310 e. The average Bonchev–Trinajstić information content (AvgIpc) is 3.11. The van der Waals surface area contributed by atoms with E-state index in [1.54, 1.807) is 16.9 Å². The van der Waals surface area contributed by atoms with Gasteiger partial charge in [-0.05, 0) is 54.0 Å². The normalized spacial score (nSPS) is 22.3. The smallest absolute Gasteiger partial charge is 0.0173 e. The Hall–Kier alpha value is -0.600. The number of thiophene rings is 1. The third kappa shape index (κ3) is 3.46. The predicted molar refractivity (Wildman–Crippen MR) is 79.9 cm³/mol. The Kier molecular flexibility index (Phi) is 4.16. The second kappa shape index (κ2) is 6.03. The summed E-state index contributed by atoms with van der Waals surface area (Å²) in [5, 5.41) is 8.14. The minimum atomic E-state index is 0.819. The summed E-state index contributed by atoms with van der Waals surface area (Å²) in [5.74, 6) is 0.838. The lowest BCUT2D eigenvalue weighted by atomic mass is 9.83. The van der Waals surface area contributed by atoms with E-state index in [0.717, 1.165) is 18.5 Å². The number of rotatable bonds is 5. The summed E-state index contributed by atoms with van der Waals surface area (Å²) >= 11 is 1.80. The Morgan fingerprint density at radius 1 is 1.22 bits per heavy atom. The van der Waals surface area contributed by atoms with E-state index >= 15 is 0 Å². The van der Waals surface area contributed by atoms with Gasteiger partial charge in [-0.2, -0.15) is 11.3 Å². The Labute approximate surface area is 114 Å². The quantitative estimate of drug-likeness (QED) is 0.825. The van der Waals surface area contributed by atoms with Crippen LogP contribution in [0.25, 0.3) is 6.08 Å².